The molecule has 0 saturated heterocycles. The number of hydrogen-bond donors (Lipinski definition) is 0. The summed E-state index contributed by atoms with van der Waals surface area (Å²) in [5.74, 6) is 0. The Hall–Kier alpha value is -0.820. The summed E-state index contributed by atoms with van der Waals surface area (Å²) in [6.45, 7) is 9.56. The molecule has 1 heteroatoms. The van der Waals surface area contributed by atoms with Gasteiger partial charge in [0.05, 0.1) is 0 Å². The molecular formula is C16H20S. The van der Waals surface area contributed by atoms with E-state index in [0.29, 0.717) is 10.8 Å². The van der Waals surface area contributed by atoms with E-state index in [9.17, 15) is 0 Å². The lowest BCUT2D eigenvalue weighted by Crippen LogP contribution is -2.33. The lowest BCUT2D eigenvalue weighted by atomic mass is 9.63. The third-order valence-corrected chi connectivity index (χ3v) is 5.31. The van der Waals surface area contributed by atoms with E-state index in [1.54, 1.807) is 11.1 Å². The zero-order valence-electron chi connectivity index (χ0n) is 11.1. The van der Waals surface area contributed by atoms with Gasteiger partial charge >= 0.3 is 0 Å². The molecule has 0 N–H and O–H groups in total. The molecule has 1 aromatic carbocycles. The smallest absolute Gasteiger partial charge is 0.0345 e. The van der Waals surface area contributed by atoms with E-state index in [4.69, 9.17) is 0 Å². The normalized spacial score (nSPS) is 21.4. The molecular weight excluding hydrogens is 224 g/mol. The van der Waals surface area contributed by atoms with Gasteiger partial charge in [-0.3, -0.25) is 0 Å². The minimum absolute atomic E-state index is 0.334. The first-order valence-electron chi connectivity index (χ1n) is 6.42. The molecule has 0 atom stereocenters. The van der Waals surface area contributed by atoms with E-state index >= 15 is 0 Å². The molecule has 1 aliphatic rings. The fraction of sp³-hybridized carbons (Fsp3) is 0.500. The Morgan fingerprint density at radius 1 is 0.941 bits per heavy atom. The van der Waals surface area contributed by atoms with Crippen molar-refractivity contribution in [2.24, 2.45) is 0 Å². The molecule has 0 bridgehead atoms. The van der Waals surface area contributed by atoms with Gasteiger partial charge in [-0.25, -0.2) is 0 Å². The van der Waals surface area contributed by atoms with Crippen molar-refractivity contribution in [1.82, 2.24) is 0 Å². The Balaban J connectivity index is 2.35. The van der Waals surface area contributed by atoms with Crippen LogP contribution in [0.3, 0.4) is 0 Å². The molecule has 0 amide bonds. The second-order valence-corrected chi connectivity index (χ2v) is 7.57. The highest BCUT2D eigenvalue weighted by Gasteiger charge is 2.37. The van der Waals surface area contributed by atoms with Gasteiger partial charge in [0.1, 0.15) is 0 Å². The van der Waals surface area contributed by atoms with Crippen molar-refractivity contribution >= 4 is 21.4 Å². The number of rotatable bonds is 0. The molecule has 0 fully saturated rings. The van der Waals surface area contributed by atoms with Crippen molar-refractivity contribution < 1.29 is 0 Å². The summed E-state index contributed by atoms with van der Waals surface area (Å²) in [6, 6.07) is 7.12. The quantitative estimate of drug-likeness (QED) is 0.593. The summed E-state index contributed by atoms with van der Waals surface area (Å²) in [5, 5.41) is 3.62. The third-order valence-electron chi connectivity index (χ3n) is 4.43. The van der Waals surface area contributed by atoms with Crippen LogP contribution in [0.4, 0.5) is 0 Å². The monoisotopic (exact) mass is 244 g/mol. The summed E-state index contributed by atoms with van der Waals surface area (Å²) in [7, 11) is 0. The van der Waals surface area contributed by atoms with Crippen molar-refractivity contribution in [3.05, 3.63) is 34.7 Å². The summed E-state index contributed by atoms with van der Waals surface area (Å²) < 4.78 is 1.44. The molecule has 0 radical (unpaired) electrons. The molecule has 17 heavy (non-hydrogen) atoms. The van der Waals surface area contributed by atoms with Crippen LogP contribution in [0.5, 0.6) is 0 Å². The summed E-state index contributed by atoms with van der Waals surface area (Å²) in [6.07, 6.45) is 2.59. The van der Waals surface area contributed by atoms with Gasteiger partial charge in [0.25, 0.3) is 0 Å². The Morgan fingerprint density at radius 2 is 1.53 bits per heavy atom. The number of benzene rings is 1. The van der Waals surface area contributed by atoms with E-state index in [2.05, 4.69) is 51.3 Å². The average Bonchev–Trinajstić information content (AvgIpc) is 2.70. The molecule has 0 unspecified atom stereocenters. The lowest BCUT2D eigenvalue weighted by Gasteiger charge is -2.41. The molecule has 0 nitrogen and oxygen atoms in total. The van der Waals surface area contributed by atoms with Crippen molar-refractivity contribution in [3.63, 3.8) is 0 Å². The van der Waals surface area contributed by atoms with Crippen LogP contribution in [0.15, 0.2) is 23.6 Å². The maximum absolute atomic E-state index is 2.44. The van der Waals surface area contributed by atoms with Crippen LogP contribution < -0.4 is 0 Å². The van der Waals surface area contributed by atoms with Crippen LogP contribution in [0.2, 0.25) is 0 Å². The molecule has 1 heterocycles. The first-order valence-corrected chi connectivity index (χ1v) is 7.30. The lowest BCUT2D eigenvalue weighted by molar-refractivity contribution is 0.332. The van der Waals surface area contributed by atoms with Crippen molar-refractivity contribution in [3.8, 4) is 0 Å². The van der Waals surface area contributed by atoms with Gasteiger partial charge in [0.15, 0.2) is 0 Å². The first kappa shape index (κ1) is 11.3. The van der Waals surface area contributed by atoms with Crippen LogP contribution >= 0.6 is 11.3 Å². The van der Waals surface area contributed by atoms with E-state index in [-0.39, 0.29) is 0 Å². The molecule has 3 rings (SSSR count). The highest BCUT2D eigenvalue weighted by atomic mass is 32.1. The number of fused-ring (bicyclic) bond motifs is 2. The first-order chi connectivity index (χ1) is 7.90. The van der Waals surface area contributed by atoms with Crippen molar-refractivity contribution in [1.29, 1.82) is 0 Å². The number of hydrogen-bond acceptors (Lipinski definition) is 1. The third kappa shape index (κ3) is 1.63. The Bertz CT molecular complexity index is 522. The summed E-state index contributed by atoms with van der Waals surface area (Å²) >= 11 is 1.86. The van der Waals surface area contributed by atoms with Crippen LogP contribution in [-0.2, 0) is 10.8 Å². The molecule has 1 aliphatic carbocycles. The molecule has 0 aliphatic heterocycles. The number of thiophene rings is 1. The fourth-order valence-electron chi connectivity index (χ4n) is 3.02. The largest absolute Gasteiger partial charge is 0.144 e. The van der Waals surface area contributed by atoms with Gasteiger partial charge in [-0.05, 0) is 63.8 Å². The Morgan fingerprint density at radius 3 is 2.18 bits per heavy atom. The predicted molar refractivity (Wildman–Crippen MR) is 77.1 cm³/mol. The van der Waals surface area contributed by atoms with E-state index < -0.39 is 0 Å². The standard InChI is InChI=1S/C16H20S/c1-15(2)6-7-16(3,4)13-10-14-11(5-8-17-14)9-12(13)15/h5,8-10H,6-7H2,1-4H3. The summed E-state index contributed by atoms with van der Waals surface area (Å²) in [4.78, 5) is 0. The Kier molecular flexibility index (Phi) is 2.22. The average molecular weight is 244 g/mol. The minimum atomic E-state index is 0.334. The zero-order chi connectivity index (χ0) is 12.3. The van der Waals surface area contributed by atoms with E-state index in [0.717, 1.165) is 0 Å². The molecule has 0 spiro atoms. The minimum Gasteiger partial charge on any atom is -0.144 e. The second kappa shape index (κ2) is 3.35. The molecule has 2 aromatic rings. The highest BCUT2D eigenvalue weighted by Crippen LogP contribution is 2.47. The van der Waals surface area contributed by atoms with Crippen LogP contribution in [-0.4, -0.2) is 0 Å². The maximum atomic E-state index is 2.44. The van der Waals surface area contributed by atoms with Gasteiger partial charge in [-0.2, -0.15) is 0 Å². The highest BCUT2D eigenvalue weighted by molar-refractivity contribution is 7.17. The predicted octanol–water partition coefficient (Wildman–Crippen LogP) is 5.25. The van der Waals surface area contributed by atoms with Gasteiger partial charge in [-0.15, -0.1) is 11.3 Å². The maximum Gasteiger partial charge on any atom is 0.0345 e. The summed E-state index contributed by atoms with van der Waals surface area (Å²) in [5.41, 5.74) is 3.81. The van der Waals surface area contributed by atoms with E-state index in [1.165, 1.54) is 22.9 Å². The van der Waals surface area contributed by atoms with Gasteiger partial charge in [0, 0.05) is 4.70 Å². The second-order valence-electron chi connectivity index (χ2n) is 6.62. The van der Waals surface area contributed by atoms with Gasteiger partial charge < -0.3 is 0 Å². The topological polar surface area (TPSA) is 0 Å². The fourth-order valence-corrected chi connectivity index (χ4v) is 3.83. The van der Waals surface area contributed by atoms with Crippen LogP contribution in [0.25, 0.3) is 10.1 Å². The Labute approximate surface area is 108 Å². The van der Waals surface area contributed by atoms with E-state index in [1.807, 2.05) is 11.3 Å². The molecule has 90 valence electrons. The van der Waals surface area contributed by atoms with Gasteiger partial charge in [-0.1, -0.05) is 27.7 Å². The van der Waals surface area contributed by atoms with Crippen molar-refractivity contribution in [2.45, 2.75) is 51.4 Å². The van der Waals surface area contributed by atoms with Crippen molar-refractivity contribution in [2.75, 3.05) is 0 Å². The van der Waals surface area contributed by atoms with Crippen LogP contribution in [0, 0.1) is 0 Å². The molecule has 1 aromatic heterocycles. The zero-order valence-corrected chi connectivity index (χ0v) is 11.9. The van der Waals surface area contributed by atoms with Gasteiger partial charge in [0.2, 0.25) is 0 Å². The SMILES string of the molecule is CC1(C)CCC(C)(C)c2cc3sccc3cc21. The van der Waals surface area contributed by atoms with Crippen LogP contribution in [0.1, 0.15) is 51.7 Å². The molecule has 0 saturated carbocycles.